The van der Waals surface area contributed by atoms with Gasteiger partial charge in [0, 0.05) is 50.3 Å². The lowest BCUT2D eigenvalue weighted by Crippen LogP contribution is -2.47. The molecule has 1 aromatic rings. The lowest BCUT2D eigenvalue weighted by atomic mass is 9.77. The molecule has 2 fully saturated rings. The number of carbonyl (C=O) groups excluding carboxylic acids is 2. The second-order valence-corrected chi connectivity index (χ2v) is 7.89. The summed E-state index contributed by atoms with van der Waals surface area (Å²) in [6.07, 6.45) is 8.32. The summed E-state index contributed by atoms with van der Waals surface area (Å²) < 4.78 is 0. The van der Waals surface area contributed by atoms with Crippen LogP contribution in [0.3, 0.4) is 0 Å². The molecular weight excluding hydrogens is 330 g/mol. The van der Waals surface area contributed by atoms with E-state index >= 15 is 0 Å². The Hall–Kier alpha value is -2.11. The molecule has 6 heteroatoms. The molecule has 3 heterocycles. The Morgan fingerprint density at radius 3 is 2.23 bits per heavy atom. The van der Waals surface area contributed by atoms with E-state index in [1.807, 2.05) is 9.80 Å². The molecule has 1 saturated carbocycles. The van der Waals surface area contributed by atoms with E-state index in [-0.39, 0.29) is 29.2 Å². The zero-order valence-corrected chi connectivity index (χ0v) is 15.2. The van der Waals surface area contributed by atoms with E-state index in [9.17, 15) is 14.4 Å². The van der Waals surface area contributed by atoms with Gasteiger partial charge >= 0.3 is 0 Å². The molecule has 0 bridgehead atoms. The smallest absolute Gasteiger partial charge is 0.248 e. The van der Waals surface area contributed by atoms with Gasteiger partial charge in [0.15, 0.2) is 0 Å². The fourth-order valence-electron chi connectivity index (χ4n) is 4.78. The van der Waals surface area contributed by atoms with E-state index in [1.54, 1.807) is 12.3 Å². The SMILES string of the molecule is O=C([C@H]1CCCC[C@H]1C(=O)N1CCCC1)N1CCc2cc(=O)[nH]cc2C1. The molecule has 1 saturated heterocycles. The van der Waals surface area contributed by atoms with Gasteiger partial charge in [-0.25, -0.2) is 0 Å². The molecule has 6 nitrogen and oxygen atoms in total. The highest BCUT2D eigenvalue weighted by molar-refractivity contribution is 5.88. The highest BCUT2D eigenvalue weighted by Gasteiger charge is 2.40. The predicted octanol–water partition coefficient (Wildman–Crippen LogP) is 1.69. The Morgan fingerprint density at radius 2 is 1.54 bits per heavy atom. The van der Waals surface area contributed by atoms with Gasteiger partial charge in [-0.1, -0.05) is 12.8 Å². The molecule has 4 rings (SSSR count). The Balaban J connectivity index is 1.49. The zero-order chi connectivity index (χ0) is 18.1. The van der Waals surface area contributed by atoms with Crippen molar-refractivity contribution in [3.8, 4) is 0 Å². The number of aromatic amines is 1. The Morgan fingerprint density at radius 1 is 0.885 bits per heavy atom. The average Bonchev–Trinajstić information content (AvgIpc) is 3.21. The monoisotopic (exact) mass is 357 g/mol. The van der Waals surface area contributed by atoms with Crippen LogP contribution < -0.4 is 5.56 Å². The van der Waals surface area contributed by atoms with E-state index in [4.69, 9.17) is 0 Å². The molecule has 2 atom stereocenters. The van der Waals surface area contributed by atoms with E-state index in [0.717, 1.165) is 62.7 Å². The van der Waals surface area contributed by atoms with Gasteiger partial charge in [-0.15, -0.1) is 0 Å². The number of carbonyl (C=O) groups is 2. The maximum Gasteiger partial charge on any atom is 0.248 e. The third-order valence-corrected chi connectivity index (χ3v) is 6.25. The summed E-state index contributed by atoms with van der Waals surface area (Å²) in [6, 6.07) is 1.64. The van der Waals surface area contributed by atoms with Gasteiger partial charge in [-0.2, -0.15) is 0 Å². The molecule has 0 spiro atoms. The first kappa shape index (κ1) is 17.3. The molecule has 0 radical (unpaired) electrons. The van der Waals surface area contributed by atoms with Crippen molar-refractivity contribution in [2.75, 3.05) is 19.6 Å². The van der Waals surface area contributed by atoms with Crippen LogP contribution in [0.4, 0.5) is 0 Å². The minimum atomic E-state index is -0.179. The highest BCUT2D eigenvalue weighted by Crippen LogP contribution is 2.34. The van der Waals surface area contributed by atoms with E-state index in [0.29, 0.717) is 19.5 Å². The molecule has 2 amide bonds. The number of nitrogens with one attached hydrogen (secondary N) is 1. The summed E-state index contributed by atoms with van der Waals surface area (Å²) in [4.78, 5) is 44.2. The molecule has 1 N–H and O–H groups in total. The molecule has 0 unspecified atom stereocenters. The first-order valence-electron chi connectivity index (χ1n) is 9.91. The number of rotatable bonds is 2. The number of likely N-dealkylation sites (tertiary alicyclic amines) is 1. The summed E-state index contributed by atoms with van der Waals surface area (Å²) in [5.41, 5.74) is 1.96. The van der Waals surface area contributed by atoms with Crippen molar-refractivity contribution < 1.29 is 9.59 Å². The highest BCUT2D eigenvalue weighted by atomic mass is 16.2. The summed E-state index contributed by atoms with van der Waals surface area (Å²) in [6.45, 7) is 2.86. The topological polar surface area (TPSA) is 73.5 Å². The number of nitrogens with zero attached hydrogens (tertiary/aromatic N) is 2. The molecule has 0 aromatic carbocycles. The van der Waals surface area contributed by atoms with Crippen molar-refractivity contribution in [3.05, 3.63) is 33.7 Å². The fourth-order valence-corrected chi connectivity index (χ4v) is 4.78. The van der Waals surface area contributed by atoms with Gasteiger partial charge in [0.25, 0.3) is 0 Å². The van der Waals surface area contributed by atoms with E-state index < -0.39 is 0 Å². The molecule has 26 heavy (non-hydrogen) atoms. The summed E-state index contributed by atoms with van der Waals surface area (Å²) in [5, 5.41) is 0. The Labute approximate surface area is 153 Å². The molecule has 1 aliphatic carbocycles. The van der Waals surface area contributed by atoms with Crippen molar-refractivity contribution in [1.82, 2.24) is 14.8 Å². The first-order valence-corrected chi connectivity index (χ1v) is 9.91. The van der Waals surface area contributed by atoms with E-state index in [2.05, 4.69) is 4.98 Å². The summed E-state index contributed by atoms with van der Waals surface area (Å²) in [5.74, 6) is -0.00567. The van der Waals surface area contributed by atoms with Gasteiger partial charge in [-0.3, -0.25) is 14.4 Å². The second-order valence-electron chi connectivity index (χ2n) is 7.89. The molecule has 140 valence electrons. The maximum absolute atomic E-state index is 13.2. The minimum Gasteiger partial charge on any atom is -0.342 e. The van der Waals surface area contributed by atoms with Gasteiger partial charge in [-0.05, 0) is 43.2 Å². The summed E-state index contributed by atoms with van der Waals surface area (Å²) in [7, 11) is 0. The van der Waals surface area contributed by atoms with Crippen LogP contribution in [0.25, 0.3) is 0 Å². The lowest BCUT2D eigenvalue weighted by Gasteiger charge is -2.37. The number of fused-ring (bicyclic) bond motifs is 1. The van der Waals surface area contributed by atoms with Gasteiger partial charge in [0.2, 0.25) is 17.4 Å². The van der Waals surface area contributed by atoms with Crippen LogP contribution in [0.5, 0.6) is 0 Å². The molecule has 2 aliphatic heterocycles. The molecule has 1 aromatic heterocycles. The standard InChI is InChI=1S/C20H27N3O3/c24-18-11-14-7-10-23(13-15(14)12-21-18)20(26)17-6-2-1-5-16(17)19(25)22-8-3-4-9-22/h11-12,16-17H,1-10,13H2,(H,21,24)/t16-,17+/m1/s1. The van der Waals surface area contributed by atoms with Crippen molar-refractivity contribution in [2.24, 2.45) is 11.8 Å². The van der Waals surface area contributed by atoms with Gasteiger partial charge < -0.3 is 14.8 Å². The van der Waals surface area contributed by atoms with Gasteiger partial charge in [0.05, 0.1) is 0 Å². The predicted molar refractivity (Wildman–Crippen MR) is 97.4 cm³/mol. The van der Waals surface area contributed by atoms with Crippen molar-refractivity contribution in [3.63, 3.8) is 0 Å². The van der Waals surface area contributed by atoms with Crippen LogP contribution in [0.15, 0.2) is 17.1 Å². The fraction of sp³-hybridized carbons (Fsp3) is 0.650. The van der Waals surface area contributed by atoms with Crippen LogP contribution in [0.1, 0.15) is 49.7 Å². The first-order chi connectivity index (χ1) is 12.6. The van der Waals surface area contributed by atoms with Crippen LogP contribution in [-0.4, -0.2) is 46.2 Å². The normalized spacial score (nSPS) is 25.8. The average molecular weight is 357 g/mol. The summed E-state index contributed by atoms with van der Waals surface area (Å²) >= 11 is 0. The minimum absolute atomic E-state index is 0.0907. The number of pyridine rings is 1. The zero-order valence-electron chi connectivity index (χ0n) is 15.2. The Kier molecular flexibility index (Phi) is 4.83. The van der Waals surface area contributed by atoms with Crippen LogP contribution >= 0.6 is 0 Å². The van der Waals surface area contributed by atoms with Crippen molar-refractivity contribution in [2.45, 2.75) is 51.5 Å². The molecule has 3 aliphatic rings. The van der Waals surface area contributed by atoms with Gasteiger partial charge in [0.1, 0.15) is 0 Å². The lowest BCUT2D eigenvalue weighted by molar-refractivity contribution is -0.148. The quantitative estimate of drug-likeness (QED) is 0.875. The van der Waals surface area contributed by atoms with Crippen molar-refractivity contribution in [1.29, 1.82) is 0 Å². The van der Waals surface area contributed by atoms with Crippen LogP contribution in [-0.2, 0) is 22.6 Å². The number of H-pyrrole nitrogens is 1. The number of amides is 2. The second kappa shape index (κ2) is 7.25. The Bertz CT molecular complexity index is 751. The van der Waals surface area contributed by atoms with Crippen molar-refractivity contribution >= 4 is 11.8 Å². The van der Waals surface area contributed by atoms with Crippen LogP contribution in [0.2, 0.25) is 0 Å². The number of hydrogen-bond donors (Lipinski definition) is 1. The van der Waals surface area contributed by atoms with Crippen LogP contribution in [0, 0.1) is 11.8 Å². The number of hydrogen-bond acceptors (Lipinski definition) is 3. The third kappa shape index (κ3) is 3.29. The largest absolute Gasteiger partial charge is 0.342 e. The molecular formula is C20H27N3O3. The maximum atomic E-state index is 13.2. The third-order valence-electron chi connectivity index (χ3n) is 6.25. The number of aromatic nitrogens is 1. The van der Waals surface area contributed by atoms with E-state index in [1.165, 1.54) is 0 Å².